The molecule has 0 bridgehead atoms. The molecular formula is C18H18Cl2N2O3S. The molecule has 26 heavy (non-hydrogen) atoms. The van der Waals surface area contributed by atoms with Gasteiger partial charge in [-0.05, 0) is 43.2 Å². The van der Waals surface area contributed by atoms with Crippen molar-refractivity contribution in [3.8, 4) is 0 Å². The Morgan fingerprint density at radius 3 is 2.58 bits per heavy atom. The van der Waals surface area contributed by atoms with E-state index in [0.717, 1.165) is 28.2 Å². The summed E-state index contributed by atoms with van der Waals surface area (Å²) in [6.07, 6.45) is 1.79. The van der Waals surface area contributed by atoms with Gasteiger partial charge >= 0.3 is 0 Å². The van der Waals surface area contributed by atoms with Crippen LogP contribution >= 0.6 is 23.2 Å². The van der Waals surface area contributed by atoms with Crippen LogP contribution in [0.3, 0.4) is 0 Å². The molecule has 138 valence electrons. The zero-order valence-corrected chi connectivity index (χ0v) is 16.6. The Labute approximate surface area is 163 Å². The number of anilines is 2. The first-order valence-electron chi connectivity index (χ1n) is 8.01. The van der Waals surface area contributed by atoms with E-state index in [1.54, 1.807) is 11.0 Å². The molecule has 0 aliphatic carbocycles. The van der Waals surface area contributed by atoms with Crippen LogP contribution in [-0.4, -0.2) is 33.2 Å². The third kappa shape index (κ3) is 3.68. The van der Waals surface area contributed by atoms with Crippen molar-refractivity contribution >= 4 is 50.5 Å². The first-order valence-corrected chi connectivity index (χ1v) is 10.6. The van der Waals surface area contributed by atoms with Gasteiger partial charge in [-0.25, -0.2) is 8.42 Å². The largest absolute Gasteiger partial charge is 0.307 e. The maximum Gasteiger partial charge on any atom is 0.248 e. The van der Waals surface area contributed by atoms with Crippen LogP contribution < -0.4 is 9.21 Å². The van der Waals surface area contributed by atoms with Crippen molar-refractivity contribution in [2.45, 2.75) is 19.4 Å². The molecule has 2 aromatic carbocycles. The van der Waals surface area contributed by atoms with Gasteiger partial charge in [0.15, 0.2) is 0 Å². The fourth-order valence-corrected chi connectivity index (χ4v) is 4.63. The molecule has 0 saturated heterocycles. The fraction of sp³-hybridized carbons (Fsp3) is 0.278. The zero-order valence-electron chi connectivity index (χ0n) is 14.3. The number of amides is 1. The lowest BCUT2D eigenvalue weighted by molar-refractivity contribution is -0.117. The summed E-state index contributed by atoms with van der Waals surface area (Å²) in [7, 11) is -3.71. The van der Waals surface area contributed by atoms with Crippen molar-refractivity contribution in [2.24, 2.45) is 0 Å². The second kappa shape index (κ2) is 7.10. The number of rotatable bonds is 4. The van der Waals surface area contributed by atoms with Crippen molar-refractivity contribution in [1.82, 2.24) is 0 Å². The summed E-state index contributed by atoms with van der Waals surface area (Å²) in [6.45, 7) is 1.61. The Morgan fingerprint density at radius 1 is 1.23 bits per heavy atom. The number of sulfonamides is 1. The van der Waals surface area contributed by atoms with E-state index >= 15 is 0 Å². The van der Waals surface area contributed by atoms with Crippen LogP contribution in [0.15, 0.2) is 42.5 Å². The third-order valence-electron chi connectivity index (χ3n) is 4.33. The Kier molecular flexibility index (Phi) is 5.19. The molecule has 1 amide bonds. The Hall–Kier alpha value is -1.76. The lowest BCUT2D eigenvalue weighted by atomic mass is 10.1. The summed E-state index contributed by atoms with van der Waals surface area (Å²) in [5.74, 6) is -0.307. The zero-order chi connectivity index (χ0) is 19.1. The number of hydrogen-bond donors (Lipinski definition) is 0. The Bertz CT molecular complexity index is 963. The standard InChI is InChI=1S/C18H18Cl2N2O3S/c1-12-9-13-5-3-4-6-16(13)22(12)18(23)11-21(26(2,24)25)17-8-7-14(19)10-15(17)20/h3-8,10,12H,9,11H2,1-2H3. The second-order valence-electron chi connectivity index (χ2n) is 6.31. The van der Waals surface area contributed by atoms with Crippen molar-refractivity contribution in [3.05, 3.63) is 58.1 Å². The van der Waals surface area contributed by atoms with Gasteiger partial charge in [0, 0.05) is 16.8 Å². The van der Waals surface area contributed by atoms with Crippen LogP contribution in [0.2, 0.25) is 10.0 Å². The van der Waals surface area contributed by atoms with Gasteiger partial charge in [-0.15, -0.1) is 0 Å². The van der Waals surface area contributed by atoms with Gasteiger partial charge in [-0.2, -0.15) is 0 Å². The normalized spacial score (nSPS) is 16.5. The van der Waals surface area contributed by atoms with E-state index in [4.69, 9.17) is 23.2 Å². The molecular weight excluding hydrogens is 395 g/mol. The maximum atomic E-state index is 13.0. The lowest BCUT2D eigenvalue weighted by Crippen LogP contribution is -2.45. The van der Waals surface area contributed by atoms with Gasteiger partial charge in [0.2, 0.25) is 15.9 Å². The molecule has 1 aliphatic rings. The molecule has 0 aromatic heterocycles. The number of para-hydroxylation sites is 1. The number of fused-ring (bicyclic) bond motifs is 1. The van der Waals surface area contributed by atoms with Crippen LogP contribution in [0.5, 0.6) is 0 Å². The second-order valence-corrected chi connectivity index (χ2v) is 9.06. The van der Waals surface area contributed by atoms with Crippen LogP contribution in [0.25, 0.3) is 0 Å². The highest BCUT2D eigenvalue weighted by Crippen LogP contribution is 2.34. The van der Waals surface area contributed by atoms with E-state index in [-0.39, 0.29) is 29.2 Å². The van der Waals surface area contributed by atoms with Crippen LogP contribution in [0.1, 0.15) is 12.5 Å². The topological polar surface area (TPSA) is 57.7 Å². The predicted molar refractivity (Wildman–Crippen MR) is 106 cm³/mol. The molecule has 1 atom stereocenters. The molecule has 0 N–H and O–H groups in total. The number of nitrogens with zero attached hydrogens (tertiary/aromatic N) is 2. The lowest BCUT2D eigenvalue weighted by Gasteiger charge is -2.28. The Balaban J connectivity index is 1.94. The Morgan fingerprint density at radius 2 is 1.92 bits per heavy atom. The average molecular weight is 413 g/mol. The summed E-state index contributed by atoms with van der Waals surface area (Å²) in [6, 6.07) is 12.1. The highest BCUT2D eigenvalue weighted by Gasteiger charge is 2.33. The molecule has 0 radical (unpaired) electrons. The predicted octanol–water partition coefficient (Wildman–Crippen LogP) is 3.74. The molecule has 1 unspecified atom stereocenters. The number of carbonyl (C=O) groups is 1. The monoisotopic (exact) mass is 412 g/mol. The fourth-order valence-electron chi connectivity index (χ4n) is 3.21. The highest BCUT2D eigenvalue weighted by atomic mass is 35.5. The van der Waals surface area contributed by atoms with Crippen molar-refractivity contribution in [1.29, 1.82) is 0 Å². The number of carbonyl (C=O) groups excluding carboxylic acids is 1. The number of hydrogen-bond acceptors (Lipinski definition) is 3. The molecule has 1 heterocycles. The minimum Gasteiger partial charge on any atom is -0.307 e. The molecule has 5 nitrogen and oxygen atoms in total. The van der Waals surface area contributed by atoms with Gasteiger partial charge in [-0.3, -0.25) is 9.10 Å². The van der Waals surface area contributed by atoms with Crippen molar-refractivity contribution in [3.63, 3.8) is 0 Å². The van der Waals surface area contributed by atoms with Crippen molar-refractivity contribution in [2.75, 3.05) is 22.0 Å². The SMILES string of the molecule is CC1Cc2ccccc2N1C(=O)CN(c1ccc(Cl)cc1Cl)S(C)(=O)=O. The maximum absolute atomic E-state index is 13.0. The van der Waals surface area contributed by atoms with Gasteiger partial charge in [0.25, 0.3) is 0 Å². The number of benzene rings is 2. The van der Waals surface area contributed by atoms with Gasteiger partial charge in [-0.1, -0.05) is 41.4 Å². The molecule has 3 rings (SSSR count). The minimum atomic E-state index is -3.71. The van der Waals surface area contributed by atoms with E-state index < -0.39 is 10.0 Å². The van der Waals surface area contributed by atoms with E-state index in [1.165, 1.54) is 12.1 Å². The molecule has 8 heteroatoms. The van der Waals surface area contributed by atoms with Gasteiger partial charge < -0.3 is 4.90 Å². The summed E-state index contributed by atoms with van der Waals surface area (Å²) in [4.78, 5) is 14.6. The third-order valence-corrected chi connectivity index (χ3v) is 6.00. The van der Waals surface area contributed by atoms with Crippen LogP contribution in [0.4, 0.5) is 11.4 Å². The molecule has 0 fully saturated rings. The van der Waals surface area contributed by atoms with E-state index in [2.05, 4.69) is 0 Å². The van der Waals surface area contributed by atoms with Crippen molar-refractivity contribution < 1.29 is 13.2 Å². The molecule has 0 saturated carbocycles. The molecule has 2 aromatic rings. The average Bonchev–Trinajstić information content (AvgIpc) is 2.88. The summed E-state index contributed by atoms with van der Waals surface area (Å²) in [5, 5.41) is 0.561. The first-order chi connectivity index (χ1) is 12.2. The quantitative estimate of drug-likeness (QED) is 0.768. The number of halogens is 2. The van der Waals surface area contributed by atoms with Crippen LogP contribution in [-0.2, 0) is 21.2 Å². The van der Waals surface area contributed by atoms with Crippen LogP contribution in [0, 0.1) is 0 Å². The first kappa shape index (κ1) is 19.0. The summed E-state index contributed by atoms with van der Waals surface area (Å²) >= 11 is 12.1. The van der Waals surface area contributed by atoms with E-state index in [9.17, 15) is 13.2 Å². The smallest absolute Gasteiger partial charge is 0.248 e. The van der Waals surface area contributed by atoms with E-state index in [0.29, 0.717) is 5.02 Å². The molecule has 1 aliphatic heterocycles. The minimum absolute atomic E-state index is 0.0398. The molecule has 0 spiro atoms. The van der Waals surface area contributed by atoms with Gasteiger partial charge in [0.05, 0.1) is 17.0 Å². The van der Waals surface area contributed by atoms with E-state index in [1.807, 2.05) is 31.2 Å². The van der Waals surface area contributed by atoms with Gasteiger partial charge in [0.1, 0.15) is 6.54 Å². The highest BCUT2D eigenvalue weighted by molar-refractivity contribution is 7.92. The summed E-state index contributed by atoms with van der Waals surface area (Å²) in [5.41, 5.74) is 2.12. The summed E-state index contributed by atoms with van der Waals surface area (Å²) < 4.78 is 25.6.